The van der Waals surface area contributed by atoms with Gasteiger partial charge in [-0.1, -0.05) is 26.0 Å². The number of hydrogen-bond acceptors (Lipinski definition) is 15. The molecule has 1 amide bonds. The van der Waals surface area contributed by atoms with Gasteiger partial charge in [0.05, 0.1) is 30.4 Å². The van der Waals surface area contributed by atoms with E-state index in [1.165, 1.54) is 35.2 Å². The zero-order chi connectivity index (χ0) is 33.8. The third-order valence-corrected chi connectivity index (χ3v) is 10.5. The fraction of sp³-hybridized carbons (Fsp3) is 0.480. The van der Waals surface area contributed by atoms with Crippen LogP contribution in [0.4, 0.5) is 11.6 Å². The van der Waals surface area contributed by atoms with Crippen molar-refractivity contribution in [1.82, 2.24) is 19.5 Å². The Hall–Kier alpha value is -3.83. The van der Waals surface area contributed by atoms with Crippen molar-refractivity contribution >= 4 is 49.9 Å². The Kier molecular flexibility index (Phi) is 10.9. The third-order valence-electron chi connectivity index (χ3n) is 6.61. The number of imidazole rings is 1. The van der Waals surface area contributed by atoms with Gasteiger partial charge in [-0.25, -0.2) is 4.98 Å². The Morgan fingerprint density at radius 2 is 1.87 bits per heavy atom. The number of hydrogen-bond donors (Lipinski definition) is 2. The topological polar surface area (TPSA) is 270 Å². The Labute approximate surface area is 260 Å². The SMILES string of the molecule is CC(=O)O[C@H]1C[C@H](n2cnc3c(=O)[nH]c(NC(=O)C(C)C)nc32)O[C@@H]1COP(=O)([O-])CP(=O)([O-])OCCc1ccc([N+](=O)[O-])cc1. The van der Waals surface area contributed by atoms with E-state index in [0.717, 1.165) is 6.92 Å². The number of rotatable bonds is 14. The monoisotopic (exact) mass is 684 g/mol. The van der Waals surface area contributed by atoms with E-state index in [1.807, 2.05) is 0 Å². The number of esters is 1. The van der Waals surface area contributed by atoms with E-state index in [-0.39, 0.29) is 35.6 Å². The summed E-state index contributed by atoms with van der Waals surface area (Å²) in [6.07, 6.45) is -1.99. The summed E-state index contributed by atoms with van der Waals surface area (Å²) >= 11 is 0. The average Bonchev–Trinajstić information content (AvgIpc) is 3.55. The van der Waals surface area contributed by atoms with Crippen LogP contribution in [-0.4, -0.2) is 67.6 Å². The molecule has 1 saturated heterocycles. The number of aromatic nitrogens is 4. The van der Waals surface area contributed by atoms with Gasteiger partial charge in [0.1, 0.15) is 33.6 Å². The van der Waals surface area contributed by atoms with Crippen LogP contribution in [0.2, 0.25) is 0 Å². The second-order valence-corrected chi connectivity index (χ2v) is 14.7. The number of nitro groups is 1. The van der Waals surface area contributed by atoms with E-state index in [9.17, 15) is 43.4 Å². The molecule has 19 nitrogen and oxygen atoms in total. The van der Waals surface area contributed by atoms with Gasteiger partial charge < -0.3 is 37.4 Å². The van der Waals surface area contributed by atoms with Crippen LogP contribution in [0.5, 0.6) is 0 Å². The normalized spacial score (nSPS) is 20.7. The highest BCUT2D eigenvalue weighted by Crippen LogP contribution is 2.53. The van der Waals surface area contributed by atoms with E-state index in [2.05, 4.69) is 20.3 Å². The largest absolute Gasteiger partial charge is 0.778 e. The molecule has 2 unspecified atom stereocenters. The van der Waals surface area contributed by atoms with Gasteiger partial charge >= 0.3 is 5.97 Å². The number of non-ortho nitro benzene ring substituents is 1. The Morgan fingerprint density at radius 3 is 2.50 bits per heavy atom. The van der Waals surface area contributed by atoms with Gasteiger partial charge in [0.2, 0.25) is 11.9 Å². The minimum atomic E-state index is -5.07. The molecule has 1 aliphatic rings. The lowest BCUT2D eigenvalue weighted by molar-refractivity contribution is -0.384. The number of amides is 1. The lowest BCUT2D eigenvalue weighted by Gasteiger charge is -2.32. The van der Waals surface area contributed by atoms with Crippen molar-refractivity contribution in [3.63, 3.8) is 0 Å². The van der Waals surface area contributed by atoms with Gasteiger partial charge in [-0.15, -0.1) is 0 Å². The molecule has 3 aromatic rings. The van der Waals surface area contributed by atoms with E-state index in [0.29, 0.717) is 5.56 Å². The Balaban J connectivity index is 1.40. The highest BCUT2D eigenvalue weighted by molar-refractivity contribution is 7.69. The smallest absolute Gasteiger partial charge is 0.302 e. The molecule has 1 aromatic carbocycles. The molecule has 46 heavy (non-hydrogen) atoms. The molecule has 5 atom stereocenters. The summed E-state index contributed by atoms with van der Waals surface area (Å²) < 4.78 is 47.2. The molecule has 250 valence electrons. The maximum atomic E-state index is 12.6. The number of nitrogens with one attached hydrogen (secondary N) is 2. The maximum Gasteiger partial charge on any atom is 0.302 e. The summed E-state index contributed by atoms with van der Waals surface area (Å²) in [4.78, 5) is 82.2. The highest BCUT2D eigenvalue weighted by atomic mass is 31.2. The highest BCUT2D eigenvalue weighted by Gasteiger charge is 2.40. The molecule has 0 radical (unpaired) electrons. The van der Waals surface area contributed by atoms with Crippen LogP contribution in [0.15, 0.2) is 35.4 Å². The van der Waals surface area contributed by atoms with Gasteiger partial charge in [-0.2, -0.15) is 4.98 Å². The fourth-order valence-corrected chi connectivity index (χ4v) is 7.48. The van der Waals surface area contributed by atoms with Crippen LogP contribution in [0.1, 0.15) is 39.0 Å². The molecule has 4 rings (SSSR count). The minimum Gasteiger partial charge on any atom is -0.778 e. The Bertz CT molecular complexity index is 1760. The Morgan fingerprint density at radius 1 is 1.20 bits per heavy atom. The molecule has 2 aromatic heterocycles. The molecular weight excluding hydrogens is 654 g/mol. The first-order valence-electron chi connectivity index (χ1n) is 13.8. The predicted octanol–water partition coefficient (Wildman–Crippen LogP) is 1.18. The standard InChI is InChI=1S/C25H32N6O13P2/c1-14(2)23(33)28-25-27-22-21(24(34)29-25)26-12-30(22)20-10-18(43-15(3)32)19(44-20)11-42-46(39,40)13-45(37,38)41-9-8-16-4-6-17(7-5-16)31(35)36/h4-7,12,14,18-20H,8-11,13H2,1-3H3,(H,37,38)(H,39,40)(H2,27,28,29,33,34)/p-2/t18-,19+,20+/m0/s1. The first-order valence-corrected chi connectivity index (χ1v) is 17.2. The van der Waals surface area contributed by atoms with E-state index in [4.69, 9.17) is 18.5 Å². The number of carbonyl (C=O) groups is 2. The molecule has 0 spiro atoms. The summed E-state index contributed by atoms with van der Waals surface area (Å²) in [5.74, 6) is -3.14. The first kappa shape index (κ1) is 35.0. The van der Waals surface area contributed by atoms with E-state index in [1.54, 1.807) is 13.8 Å². The second kappa shape index (κ2) is 14.3. The molecule has 1 aliphatic heterocycles. The lowest BCUT2D eigenvalue weighted by atomic mass is 10.1. The molecule has 3 heterocycles. The molecule has 0 aliphatic carbocycles. The van der Waals surface area contributed by atoms with Crippen LogP contribution in [0.3, 0.4) is 0 Å². The van der Waals surface area contributed by atoms with Gasteiger partial charge in [0, 0.05) is 31.4 Å². The maximum absolute atomic E-state index is 12.6. The van der Waals surface area contributed by atoms with Crippen molar-refractivity contribution in [3.05, 3.63) is 56.6 Å². The summed E-state index contributed by atoms with van der Waals surface area (Å²) in [5.41, 5.74) is -0.342. The van der Waals surface area contributed by atoms with Gasteiger partial charge in [0.15, 0.2) is 11.2 Å². The van der Waals surface area contributed by atoms with Gasteiger partial charge in [0.25, 0.3) is 11.2 Å². The van der Waals surface area contributed by atoms with Crippen LogP contribution >= 0.6 is 15.2 Å². The van der Waals surface area contributed by atoms with Gasteiger partial charge in [-0.05, 0) is 12.0 Å². The molecule has 21 heteroatoms. The van der Waals surface area contributed by atoms with Crippen molar-refractivity contribution in [2.45, 2.75) is 52.0 Å². The summed E-state index contributed by atoms with van der Waals surface area (Å²) in [6, 6.07) is 5.30. The summed E-state index contributed by atoms with van der Waals surface area (Å²) in [7, 11) is -10.0. The minimum absolute atomic E-state index is 0.0172. The number of fused-ring (bicyclic) bond motifs is 1. The van der Waals surface area contributed by atoms with Crippen LogP contribution in [0.25, 0.3) is 11.2 Å². The van der Waals surface area contributed by atoms with Crippen molar-refractivity contribution in [1.29, 1.82) is 0 Å². The van der Waals surface area contributed by atoms with Crippen LogP contribution in [-0.2, 0) is 43.7 Å². The second-order valence-electron chi connectivity index (χ2n) is 10.6. The number of carbonyl (C=O) groups excluding carboxylic acids is 2. The number of benzene rings is 1. The molecule has 2 N–H and O–H groups in total. The summed E-state index contributed by atoms with van der Waals surface area (Å²) in [6.45, 7) is 3.28. The lowest BCUT2D eigenvalue weighted by Crippen LogP contribution is -2.31. The third kappa shape index (κ3) is 9.13. The molecule has 0 saturated carbocycles. The molecule has 1 fully saturated rings. The van der Waals surface area contributed by atoms with E-state index >= 15 is 0 Å². The quantitative estimate of drug-likeness (QED) is 0.104. The number of aromatic amines is 1. The van der Waals surface area contributed by atoms with Gasteiger partial charge in [-0.3, -0.25) is 39.4 Å². The number of ether oxygens (including phenoxy) is 2. The van der Waals surface area contributed by atoms with Crippen molar-refractivity contribution < 1.29 is 52.0 Å². The van der Waals surface area contributed by atoms with E-state index < -0.39 is 81.0 Å². The van der Waals surface area contributed by atoms with Crippen LogP contribution in [0, 0.1) is 16.0 Å². The van der Waals surface area contributed by atoms with Crippen molar-refractivity contribution in [3.8, 4) is 0 Å². The number of H-pyrrole nitrogens is 1. The number of nitrogens with zero attached hydrogens (tertiary/aromatic N) is 4. The molecule has 0 bridgehead atoms. The molecular formula is C25H30N6O13P2-2. The zero-order valence-corrected chi connectivity index (χ0v) is 26.5. The summed E-state index contributed by atoms with van der Waals surface area (Å²) in [5, 5.41) is 13.2. The average molecular weight is 684 g/mol. The van der Waals surface area contributed by atoms with Crippen molar-refractivity contribution in [2.24, 2.45) is 5.92 Å². The van der Waals surface area contributed by atoms with Crippen LogP contribution < -0.4 is 20.7 Å². The predicted molar refractivity (Wildman–Crippen MR) is 154 cm³/mol. The fourth-order valence-electron chi connectivity index (χ4n) is 4.38. The zero-order valence-electron chi connectivity index (χ0n) is 24.7. The van der Waals surface area contributed by atoms with Crippen molar-refractivity contribution in [2.75, 3.05) is 24.4 Å². The number of anilines is 1. The first-order chi connectivity index (χ1) is 21.5. The number of nitro benzene ring substituents is 1.